The standard InChI is InChI=1S/C18H25N3O2S/c1-14-6-8-24-17(14)12-20-9-15-5-4-7-21(15)11-16(10-20)23-13-18(22)19(2)3/h4-8,16H,9-13H2,1-3H3. The molecule has 24 heavy (non-hydrogen) atoms. The number of carbonyl (C=O) groups excluding carboxylic acids is 1. The average Bonchev–Trinajstić information content (AvgIpc) is 3.10. The van der Waals surface area contributed by atoms with Crippen molar-refractivity contribution < 1.29 is 9.53 Å². The molecule has 1 aliphatic rings. The van der Waals surface area contributed by atoms with Crippen LogP contribution in [0.2, 0.25) is 0 Å². The lowest BCUT2D eigenvalue weighted by Crippen LogP contribution is -2.36. The summed E-state index contributed by atoms with van der Waals surface area (Å²) in [6, 6.07) is 6.42. The number of aryl methyl sites for hydroxylation is 1. The maximum absolute atomic E-state index is 11.8. The van der Waals surface area contributed by atoms with Gasteiger partial charge in [0.1, 0.15) is 6.61 Å². The number of nitrogens with zero attached hydrogens (tertiary/aromatic N) is 3. The molecule has 1 atom stereocenters. The Hall–Kier alpha value is -1.63. The van der Waals surface area contributed by atoms with Crippen molar-refractivity contribution in [3.8, 4) is 0 Å². The van der Waals surface area contributed by atoms with Gasteiger partial charge in [0.2, 0.25) is 5.91 Å². The topological polar surface area (TPSA) is 37.7 Å². The lowest BCUT2D eigenvalue weighted by atomic mass is 10.2. The van der Waals surface area contributed by atoms with Crippen LogP contribution in [0.15, 0.2) is 29.8 Å². The summed E-state index contributed by atoms with van der Waals surface area (Å²) in [6.45, 7) is 5.76. The van der Waals surface area contributed by atoms with Gasteiger partial charge in [0, 0.05) is 57.0 Å². The third-order valence-corrected chi connectivity index (χ3v) is 5.46. The van der Waals surface area contributed by atoms with Crippen molar-refractivity contribution in [2.45, 2.75) is 32.7 Å². The van der Waals surface area contributed by atoms with Crippen molar-refractivity contribution in [2.24, 2.45) is 0 Å². The minimum Gasteiger partial charge on any atom is -0.365 e. The van der Waals surface area contributed by atoms with Gasteiger partial charge in [0.25, 0.3) is 0 Å². The summed E-state index contributed by atoms with van der Waals surface area (Å²) in [5.74, 6) is 0.00706. The number of rotatable bonds is 5. The van der Waals surface area contributed by atoms with Crippen molar-refractivity contribution in [1.82, 2.24) is 14.4 Å². The Morgan fingerprint density at radius 1 is 1.38 bits per heavy atom. The Labute approximate surface area is 147 Å². The largest absolute Gasteiger partial charge is 0.365 e. The molecule has 3 rings (SSSR count). The van der Waals surface area contributed by atoms with Crippen molar-refractivity contribution in [1.29, 1.82) is 0 Å². The fourth-order valence-corrected chi connectivity index (χ4v) is 3.89. The number of fused-ring (bicyclic) bond motifs is 1. The summed E-state index contributed by atoms with van der Waals surface area (Å²) in [5.41, 5.74) is 2.65. The summed E-state index contributed by atoms with van der Waals surface area (Å²) in [7, 11) is 3.52. The SMILES string of the molecule is Cc1ccsc1CN1Cc2cccn2CC(OCC(=O)N(C)C)C1. The van der Waals surface area contributed by atoms with Gasteiger partial charge in [-0.15, -0.1) is 11.3 Å². The van der Waals surface area contributed by atoms with Crippen molar-refractivity contribution in [3.05, 3.63) is 45.9 Å². The predicted molar refractivity (Wildman–Crippen MR) is 96.0 cm³/mol. The van der Waals surface area contributed by atoms with Gasteiger partial charge in [-0.2, -0.15) is 0 Å². The quantitative estimate of drug-likeness (QED) is 0.833. The van der Waals surface area contributed by atoms with E-state index in [1.54, 1.807) is 30.3 Å². The van der Waals surface area contributed by atoms with Crippen molar-refractivity contribution in [2.75, 3.05) is 27.2 Å². The molecule has 0 saturated carbocycles. The number of amides is 1. The van der Waals surface area contributed by atoms with Crippen LogP contribution < -0.4 is 0 Å². The van der Waals surface area contributed by atoms with Gasteiger partial charge in [0.15, 0.2) is 0 Å². The molecule has 2 aromatic rings. The van der Waals surface area contributed by atoms with E-state index in [1.807, 2.05) is 0 Å². The molecule has 1 amide bonds. The fourth-order valence-electron chi connectivity index (χ4n) is 2.94. The molecule has 1 aliphatic heterocycles. The summed E-state index contributed by atoms with van der Waals surface area (Å²) < 4.78 is 8.18. The third-order valence-electron chi connectivity index (χ3n) is 4.45. The van der Waals surface area contributed by atoms with Crippen LogP contribution in [0.5, 0.6) is 0 Å². The molecule has 2 aromatic heterocycles. The highest BCUT2D eigenvalue weighted by Gasteiger charge is 2.23. The number of ether oxygens (including phenoxy) is 1. The normalized spacial score (nSPS) is 18.2. The zero-order chi connectivity index (χ0) is 17.1. The molecular weight excluding hydrogens is 322 g/mol. The highest BCUT2D eigenvalue weighted by atomic mass is 32.1. The van der Waals surface area contributed by atoms with E-state index in [0.29, 0.717) is 0 Å². The minimum absolute atomic E-state index is 0.00706. The average molecular weight is 347 g/mol. The molecule has 0 aromatic carbocycles. The third kappa shape index (κ3) is 4.06. The monoisotopic (exact) mass is 347 g/mol. The smallest absolute Gasteiger partial charge is 0.248 e. The first-order chi connectivity index (χ1) is 11.5. The highest BCUT2D eigenvalue weighted by molar-refractivity contribution is 7.10. The van der Waals surface area contributed by atoms with E-state index in [4.69, 9.17) is 4.74 Å². The second-order valence-electron chi connectivity index (χ2n) is 6.57. The lowest BCUT2D eigenvalue weighted by molar-refractivity contribution is -0.136. The maximum Gasteiger partial charge on any atom is 0.248 e. The van der Waals surface area contributed by atoms with Gasteiger partial charge in [-0.1, -0.05) is 0 Å². The minimum atomic E-state index is 0.00706. The Morgan fingerprint density at radius 3 is 2.92 bits per heavy atom. The molecule has 130 valence electrons. The molecule has 0 bridgehead atoms. The number of hydrogen-bond donors (Lipinski definition) is 0. The zero-order valence-electron chi connectivity index (χ0n) is 14.6. The van der Waals surface area contributed by atoms with Crippen molar-refractivity contribution >= 4 is 17.2 Å². The van der Waals surface area contributed by atoms with Crippen LogP contribution in [-0.2, 0) is 29.2 Å². The fraction of sp³-hybridized carbons (Fsp3) is 0.500. The summed E-state index contributed by atoms with van der Waals surface area (Å²) >= 11 is 1.81. The van der Waals surface area contributed by atoms with E-state index in [-0.39, 0.29) is 18.6 Å². The molecule has 0 spiro atoms. The number of likely N-dealkylation sites (N-methyl/N-ethyl adjacent to an activating group) is 1. The highest BCUT2D eigenvalue weighted by Crippen LogP contribution is 2.22. The second kappa shape index (κ2) is 7.51. The van der Waals surface area contributed by atoms with E-state index in [2.05, 4.69) is 46.2 Å². The van der Waals surface area contributed by atoms with E-state index in [0.717, 1.165) is 26.2 Å². The van der Waals surface area contributed by atoms with Crippen LogP contribution in [0, 0.1) is 6.92 Å². The molecule has 5 nitrogen and oxygen atoms in total. The van der Waals surface area contributed by atoms with Crippen LogP contribution in [0.1, 0.15) is 16.1 Å². The van der Waals surface area contributed by atoms with Gasteiger partial charge in [-0.3, -0.25) is 9.69 Å². The van der Waals surface area contributed by atoms with Crippen LogP contribution >= 0.6 is 11.3 Å². The zero-order valence-corrected chi connectivity index (χ0v) is 15.4. The Bertz CT molecular complexity index is 692. The number of thiophene rings is 1. The van der Waals surface area contributed by atoms with Crippen molar-refractivity contribution in [3.63, 3.8) is 0 Å². The van der Waals surface area contributed by atoms with E-state index in [1.165, 1.54) is 16.1 Å². The number of aromatic nitrogens is 1. The van der Waals surface area contributed by atoms with Gasteiger partial charge in [-0.05, 0) is 36.1 Å². The van der Waals surface area contributed by atoms with Crippen LogP contribution in [0.25, 0.3) is 0 Å². The molecule has 3 heterocycles. The molecule has 0 radical (unpaired) electrons. The van der Waals surface area contributed by atoms with Gasteiger partial charge in [-0.25, -0.2) is 0 Å². The van der Waals surface area contributed by atoms with Gasteiger partial charge in [0.05, 0.1) is 6.10 Å². The predicted octanol–water partition coefficient (Wildman–Crippen LogP) is 2.35. The second-order valence-corrected chi connectivity index (χ2v) is 7.57. The first-order valence-corrected chi connectivity index (χ1v) is 9.12. The molecule has 0 N–H and O–H groups in total. The van der Waals surface area contributed by atoms with Crippen LogP contribution in [0.3, 0.4) is 0 Å². The maximum atomic E-state index is 11.8. The van der Waals surface area contributed by atoms with Crippen LogP contribution in [-0.4, -0.2) is 53.6 Å². The van der Waals surface area contributed by atoms with Gasteiger partial charge < -0.3 is 14.2 Å². The van der Waals surface area contributed by atoms with E-state index < -0.39 is 0 Å². The Balaban J connectivity index is 1.70. The van der Waals surface area contributed by atoms with Crippen LogP contribution in [0.4, 0.5) is 0 Å². The van der Waals surface area contributed by atoms with E-state index >= 15 is 0 Å². The summed E-state index contributed by atoms with van der Waals surface area (Å²) in [6.07, 6.45) is 2.11. The molecule has 0 aliphatic carbocycles. The van der Waals surface area contributed by atoms with Gasteiger partial charge >= 0.3 is 0 Å². The number of carbonyl (C=O) groups is 1. The summed E-state index contributed by atoms with van der Waals surface area (Å²) in [5, 5.41) is 2.15. The molecule has 1 unspecified atom stereocenters. The molecular formula is C18H25N3O2S. The summed E-state index contributed by atoms with van der Waals surface area (Å²) in [4.78, 5) is 17.2. The molecule has 0 saturated heterocycles. The Kier molecular flexibility index (Phi) is 5.38. The molecule has 6 heteroatoms. The first kappa shape index (κ1) is 17.2. The number of hydrogen-bond acceptors (Lipinski definition) is 4. The lowest BCUT2D eigenvalue weighted by Gasteiger charge is -2.24. The first-order valence-electron chi connectivity index (χ1n) is 8.24. The Morgan fingerprint density at radius 2 is 2.21 bits per heavy atom. The van der Waals surface area contributed by atoms with E-state index in [9.17, 15) is 4.79 Å². The molecule has 0 fully saturated rings.